The summed E-state index contributed by atoms with van der Waals surface area (Å²) in [6.45, 7) is 1.47. The van der Waals surface area contributed by atoms with Gasteiger partial charge in [0.25, 0.3) is 0 Å². The minimum atomic E-state index is -0.843. The van der Waals surface area contributed by atoms with E-state index in [0.717, 1.165) is 5.56 Å². The van der Waals surface area contributed by atoms with Crippen LogP contribution in [-0.2, 0) is 22.4 Å². The predicted octanol–water partition coefficient (Wildman–Crippen LogP) is 3.10. The van der Waals surface area contributed by atoms with Crippen molar-refractivity contribution in [3.05, 3.63) is 59.2 Å². The monoisotopic (exact) mass is 355 g/mol. The summed E-state index contributed by atoms with van der Waals surface area (Å²) in [6, 6.07) is 12.0. The molecule has 1 amide bonds. The van der Waals surface area contributed by atoms with E-state index in [-0.39, 0.29) is 24.5 Å². The number of carbonyl (C=O) groups excluding carboxylic acids is 2. The van der Waals surface area contributed by atoms with Crippen LogP contribution in [0.2, 0.25) is 0 Å². The molecule has 6 nitrogen and oxygen atoms in total. The van der Waals surface area contributed by atoms with Crippen molar-refractivity contribution in [2.45, 2.75) is 26.2 Å². The van der Waals surface area contributed by atoms with Gasteiger partial charge in [0, 0.05) is 23.2 Å². The van der Waals surface area contributed by atoms with E-state index in [2.05, 4.69) is 5.32 Å². The molecule has 0 heterocycles. The van der Waals surface area contributed by atoms with Gasteiger partial charge in [0.2, 0.25) is 5.91 Å². The van der Waals surface area contributed by atoms with Crippen LogP contribution < -0.4 is 10.1 Å². The zero-order valence-electron chi connectivity index (χ0n) is 14.7. The van der Waals surface area contributed by atoms with Gasteiger partial charge in [0.05, 0.1) is 13.5 Å². The molecule has 0 spiro atoms. The number of hydrogen-bond acceptors (Lipinski definition) is 4. The number of carboxylic acids is 1. The highest BCUT2D eigenvalue weighted by Crippen LogP contribution is 2.21. The highest BCUT2D eigenvalue weighted by Gasteiger charge is 2.12. The van der Waals surface area contributed by atoms with Crippen molar-refractivity contribution in [3.63, 3.8) is 0 Å². The number of ether oxygens (including phenoxy) is 1. The molecule has 2 aromatic rings. The number of Topliss-reactive ketones (excluding diaryl/α,β-unsaturated/α-hetero) is 1. The first-order chi connectivity index (χ1) is 12.4. The van der Waals surface area contributed by atoms with Crippen LogP contribution in [0.1, 0.15) is 34.8 Å². The second-order valence-electron chi connectivity index (χ2n) is 5.90. The molecule has 0 unspecified atom stereocenters. The van der Waals surface area contributed by atoms with Gasteiger partial charge >= 0.3 is 5.97 Å². The second-order valence-corrected chi connectivity index (χ2v) is 5.90. The van der Waals surface area contributed by atoms with E-state index < -0.39 is 5.97 Å². The Morgan fingerprint density at radius 3 is 2.35 bits per heavy atom. The van der Waals surface area contributed by atoms with Crippen LogP contribution in [0.15, 0.2) is 42.5 Å². The first-order valence-electron chi connectivity index (χ1n) is 8.17. The molecule has 0 saturated heterocycles. The maximum absolute atomic E-state index is 12.3. The molecular formula is C20H21NO5. The smallest absolute Gasteiger partial charge is 0.303 e. The number of aryl methyl sites for hydroxylation is 1. The average Bonchev–Trinajstić information content (AvgIpc) is 2.60. The van der Waals surface area contributed by atoms with Crippen molar-refractivity contribution in [3.8, 4) is 5.75 Å². The van der Waals surface area contributed by atoms with Crippen LogP contribution in [0, 0.1) is 0 Å². The lowest BCUT2D eigenvalue weighted by atomic mass is 10.0. The number of ketones is 1. The van der Waals surface area contributed by atoms with Crippen molar-refractivity contribution in [1.82, 2.24) is 0 Å². The Morgan fingerprint density at radius 2 is 1.77 bits per heavy atom. The lowest BCUT2D eigenvalue weighted by molar-refractivity contribution is -0.137. The van der Waals surface area contributed by atoms with Gasteiger partial charge in [-0.25, -0.2) is 0 Å². The molecule has 6 heteroatoms. The largest absolute Gasteiger partial charge is 0.496 e. The lowest BCUT2D eigenvalue weighted by Gasteiger charge is -2.11. The third kappa shape index (κ3) is 5.44. The maximum atomic E-state index is 12.3. The number of benzene rings is 2. The van der Waals surface area contributed by atoms with E-state index in [1.165, 1.54) is 14.0 Å². The minimum Gasteiger partial charge on any atom is -0.496 e. The van der Waals surface area contributed by atoms with Crippen LogP contribution in [0.3, 0.4) is 0 Å². The Kier molecular flexibility index (Phi) is 6.49. The molecule has 2 rings (SSSR count). The van der Waals surface area contributed by atoms with Crippen molar-refractivity contribution < 1.29 is 24.2 Å². The molecule has 0 bridgehead atoms. The minimum absolute atomic E-state index is 0.0675. The summed E-state index contributed by atoms with van der Waals surface area (Å²) >= 11 is 0. The number of hydrogen-bond donors (Lipinski definition) is 2. The van der Waals surface area contributed by atoms with Crippen LogP contribution in [0.4, 0.5) is 5.69 Å². The zero-order valence-corrected chi connectivity index (χ0v) is 14.7. The van der Waals surface area contributed by atoms with Crippen molar-refractivity contribution in [2.75, 3.05) is 12.4 Å². The summed E-state index contributed by atoms with van der Waals surface area (Å²) < 4.78 is 5.25. The Labute approximate surface area is 151 Å². The molecule has 0 radical (unpaired) electrons. The Hall–Kier alpha value is -3.15. The van der Waals surface area contributed by atoms with Gasteiger partial charge in [-0.15, -0.1) is 0 Å². The van der Waals surface area contributed by atoms with Crippen LogP contribution in [0.25, 0.3) is 0 Å². The second kappa shape index (κ2) is 8.80. The van der Waals surface area contributed by atoms with Gasteiger partial charge in [-0.2, -0.15) is 0 Å². The van der Waals surface area contributed by atoms with E-state index in [9.17, 15) is 14.4 Å². The molecule has 0 aliphatic rings. The first-order valence-corrected chi connectivity index (χ1v) is 8.17. The standard InChI is InChI=1S/C20H21NO5/c1-13(22)15-6-9-18(26-2)16(11-15)12-19(23)21-17-7-3-14(4-8-17)5-10-20(24)25/h3-4,6-9,11H,5,10,12H2,1-2H3,(H,21,23)(H,24,25). The van der Waals surface area contributed by atoms with Gasteiger partial charge in [0.15, 0.2) is 5.78 Å². The fourth-order valence-corrected chi connectivity index (χ4v) is 2.52. The highest BCUT2D eigenvalue weighted by atomic mass is 16.5. The number of rotatable bonds is 8. The summed E-state index contributed by atoms with van der Waals surface area (Å²) in [5.41, 5.74) is 2.67. The summed E-state index contributed by atoms with van der Waals surface area (Å²) in [7, 11) is 1.51. The predicted molar refractivity (Wildman–Crippen MR) is 97.7 cm³/mol. The van der Waals surface area contributed by atoms with Gasteiger partial charge in [-0.05, 0) is 49.2 Å². The summed E-state index contributed by atoms with van der Waals surface area (Å²) in [5, 5.41) is 11.5. The number of carbonyl (C=O) groups is 3. The molecule has 0 aliphatic heterocycles. The molecule has 0 saturated carbocycles. The van der Waals surface area contributed by atoms with Crippen molar-refractivity contribution in [1.29, 1.82) is 0 Å². The third-order valence-electron chi connectivity index (χ3n) is 3.90. The summed E-state index contributed by atoms with van der Waals surface area (Å²) in [4.78, 5) is 34.4. The number of anilines is 1. The zero-order chi connectivity index (χ0) is 19.1. The van der Waals surface area contributed by atoms with E-state index in [1.807, 2.05) is 0 Å². The molecule has 136 valence electrons. The SMILES string of the molecule is COc1ccc(C(C)=O)cc1CC(=O)Nc1ccc(CCC(=O)O)cc1. The van der Waals surface area contributed by atoms with E-state index in [1.54, 1.807) is 42.5 Å². The van der Waals surface area contributed by atoms with Crippen LogP contribution in [0.5, 0.6) is 5.75 Å². The Balaban J connectivity index is 2.03. The Morgan fingerprint density at radius 1 is 1.08 bits per heavy atom. The third-order valence-corrected chi connectivity index (χ3v) is 3.90. The van der Waals surface area contributed by atoms with Crippen LogP contribution >= 0.6 is 0 Å². The summed E-state index contributed by atoms with van der Waals surface area (Å²) in [5.74, 6) is -0.605. The quantitative estimate of drug-likeness (QED) is 0.710. The summed E-state index contributed by atoms with van der Waals surface area (Å²) in [6.07, 6.45) is 0.585. The number of nitrogens with one attached hydrogen (secondary N) is 1. The Bertz CT molecular complexity index is 811. The molecule has 0 aliphatic carbocycles. The number of aliphatic carboxylic acids is 1. The highest BCUT2D eigenvalue weighted by molar-refractivity contribution is 5.96. The van der Waals surface area contributed by atoms with E-state index in [0.29, 0.717) is 29.0 Å². The topological polar surface area (TPSA) is 92.7 Å². The van der Waals surface area contributed by atoms with Gasteiger partial charge < -0.3 is 15.2 Å². The molecule has 0 atom stereocenters. The van der Waals surface area contributed by atoms with Gasteiger partial charge in [-0.1, -0.05) is 12.1 Å². The fraction of sp³-hybridized carbons (Fsp3) is 0.250. The van der Waals surface area contributed by atoms with Gasteiger partial charge in [-0.3, -0.25) is 14.4 Å². The number of methoxy groups -OCH3 is 1. The molecule has 26 heavy (non-hydrogen) atoms. The normalized spacial score (nSPS) is 10.2. The molecule has 0 fully saturated rings. The average molecular weight is 355 g/mol. The molecule has 2 N–H and O–H groups in total. The fourth-order valence-electron chi connectivity index (χ4n) is 2.52. The van der Waals surface area contributed by atoms with Crippen LogP contribution in [-0.4, -0.2) is 29.9 Å². The van der Waals surface area contributed by atoms with E-state index in [4.69, 9.17) is 9.84 Å². The van der Waals surface area contributed by atoms with Crippen molar-refractivity contribution >= 4 is 23.3 Å². The number of amides is 1. The maximum Gasteiger partial charge on any atom is 0.303 e. The van der Waals surface area contributed by atoms with Gasteiger partial charge in [0.1, 0.15) is 5.75 Å². The molecule has 2 aromatic carbocycles. The van der Waals surface area contributed by atoms with E-state index >= 15 is 0 Å². The number of carboxylic acid groups (broad SMARTS) is 1. The first kappa shape index (κ1) is 19.2. The molecular weight excluding hydrogens is 334 g/mol. The lowest BCUT2D eigenvalue weighted by Crippen LogP contribution is -2.15. The van der Waals surface area contributed by atoms with Crippen molar-refractivity contribution in [2.24, 2.45) is 0 Å². The molecule has 0 aromatic heterocycles.